The van der Waals surface area contributed by atoms with Gasteiger partial charge in [0.25, 0.3) is 0 Å². The predicted octanol–water partition coefficient (Wildman–Crippen LogP) is 3.65. The number of rotatable bonds is 2. The third-order valence-corrected chi connectivity index (χ3v) is 5.76. The molecule has 146 valence electrons. The molecule has 0 spiro atoms. The molecule has 8 heteroatoms. The highest BCUT2D eigenvalue weighted by Crippen LogP contribution is 2.53. The molecular weight excluding hydrogens is 390 g/mol. The molecule has 1 heterocycles. The van der Waals surface area contributed by atoms with E-state index >= 15 is 0 Å². The fraction of sp³-hybridized carbons (Fsp3) is 0.381. The molecule has 0 bridgehead atoms. The molecule has 1 aromatic carbocycles. The van der Waals surface area contributed by atoms with Crippen molar-refractivity contribution in [1.29, 1.82) is 21.2 Å². The molecule has 1 aliphatic carbocycles. The van der Waals surface area contributed by atoms with Crippen LogP contribution in [-0.2, 0) is 4.74 Å². The first-order valence-electron chi connectivity index (χ1n) is 9.11. The van der Waals surface area contributed by atoms with Crippen LogP contribution in [0.3, 0.4) is 0 Å². The molecule has 2 aliphatic rings. The van der Waals surface area contributed by atoms with E-state index < -0.39 is 29.3 Å². The van der Waals surface area contributed by atoms with Crippen molar-refractivity contribution in [3.05, 3.63) is 46.5 Å². The summed E-state index contributed by atoms with van der Waals surface area (Å²) >= 11 is 6.16. The van der Waals surface area contributed by atoms with Gasteiger partial charge < -0.3 is 15.0 Å². The van der Waals surface area contributed by atoms with Crippen molar-refractivity contribution < 1.29 is 9.53 Å². The topological polar surface area (TPSA) is 125 Å². The Morgan fingerprint density at radius 1 is 1.38 bits per heavy atom. The Morgan fingerprint density at radius 3 is 2.69 bits per heavy atom. The number of nitrogens with one attached hydrogen (secondary N) is 1. The zero-order valence-electron chi connectivity index (χ0n) is 15.7. The minimum atomic E-state index is -1.84. The fourth-order valence-corrected chi connectivity index (χ4v) is 4.45. The number of nitrogens with zero attached hydrogens (tertiary/aromatic N) is 4. The fourth-order valence-electron chi connectivity index (χ4n) is 4.25. The first-order chi connectivity index (χ1) is 13.9. The Balaban J connectivity index is 2.20. The van der Waals surface area contributed by atoms with Crippen LogP contribution in [0.15, 0.2) is 35.9 Å². The van der Waals surface area contributed by atoms with Crippen LogP contribution in [-0.4, -0.2) is 36.4 Å². The van der Waals surface area contributed by atoms with Crippen LogP contribution >= 0.6 is 11.6 Å². The molecule has 1 N–H and O–H groups in total. The van der Waals surface area contributed by atoms with E-state index in [1.165, 1.54) is 4.90 Å². The molecule has 7 nitrogen and oxygen atoms in total. The lowest BCUT2D eigenvalue weighted by atomic mass is 9.54. The second-order valence-electron chi connectivity index (χ2n) is 6.95. The van der Waals surface area contributed by atoms with Crippen LogP contribution in [0.4, 0.5) is 4.79 Å². The number of carbonyl (C=O) groups is 1. The lowest BCUT2D eigenvalue weighted by Gasteiger charge is -2.47. The molecule has 1 saturated carbocycles. The number of carbonyl (C=O) groups excluding carboxylic acids is 1. The van der Waals surface area contributed by atoms with E-state index in [0.29, 0.717) is 16.2 Å². The molecule has 1 aliphatic heterocycles. The molecule has 1 amide bonds. The van der Waals surface area contributed by atoms with Crippen LogP contribution in [0, 0.1) is 56.7 Å². The maximum atomic E-state index is 12.3. The van der Waals surface area contributed by atoms with Gasteiger partial charge in [-0.1, -0.05) is 29.8 Å². The summed E-state index contributed by atoms with van der Waals surface area (Å²) in [5, 5.41) is 38.7. The molecule has 29 heavy (non-hydrogen) atoms. The molecule has 0 radical (unpaired) electrons. The van der Waals surface area contributed by atoms with E-state index in [-0.39, 0.29) is 25.4 Å². The first kappa shape index (κ1) is 20.4. The van der Waals surface area contributed by atoms with Crippen LogP contribution in [0.5, 0.6) is 0 Å². The van der Waals surface area contributed by atoms with Gasteiger partial charge in [-0.05, 0) is 30.2 Å². The highest BCUT2D eigenvalue weighted by molar-refractivity contribution is 6.30. The number of benzene rings is 1. The molecule has 1 fully saturated rings. The van der Waals surface area contributed by atoms with Gasteiger partial charge >= 0.3 is 6.09 Å². The van der Waals surface area contributed by atoms with Crippen molar-refractivity contribution in [3.63, 3.8) is 0 Å². The first-order valence-corrected chi connectivity index (χ1v) is 9.49. The van der Waals surface area contributed by atoms with Gasteiger partial charge in [0.05, 0.1) is 30.5 Å². The Hall–Kier alpha value is -3.34. The Morgan fingerprint density at radius 2 is 2.10 bits per heavy atom. The summed E-state index contributed by atoms with van der Waals surface area (Å²) in [6, 6.07) is 12.9. The van der Waals surface area contributed by atoms with Crippen LogP contribution in [0.25, 0.3) is 0 Å². The lowest BCUT2D eigenvalue weighted by molar-refractivity contribution is 0.0992. The highest BCUT2D eigenvalue weighted by atomic mass is 35.5. The van der Waals surface area contributed by atoms with E-state index in [2.05, 4.69) is 6.07 Å². The van der Waals surface area contributed by atoms with Gasteiger partial charge in [-0.3, -0.25) is 0 Å². The zero-order valence-corrected chi connectivity index (χ0v) is 16.5. The molecule has 0 saturated heterocycles. The van der Waals surface area contributed by atoms with Gasteiger partial charge in [-0.25, -0.2) is 4.79 Å². The second-order valence-corrected chi connectivity index (χ2v) is 7.39. The molecule has 1 aromatic rings. The molecule has 0 aromatic heterocycles. The summed E-state index contributed by atoms with van der Waals surface area (Å²) in [6.07, 6.45) is 1.24. The number of halogens is 1. The minimum Gasteiger partial charge on any atom is -0.450 e. The quantitative estimate of drug-likeness (QED) is 0.749. The van der Waals surface area contributed by atoms with Gasteiger partial charge in [0.2, 0.25) is 0 Å². The van der Waals surface area contributed by atoms with Crippen molar-refractivity contribution in [2.75, 3.05) is 19.7 Å². The average molecular weight is 408 g/mol. The van der Waals surface area contributed by atoms with Gasteiger partial charge in [0, 0.05) is 29.9 Å². The minimum absolute atomic E-state index is 0.179. The molecule has 3 atom stereocenters. The smallest absolute Gasteiger partial charge is 0.410 e. The van der Waals surface area contributed by atoms with Crippen molar-refractivity contribution in [2.24, 2.45) is 17.3 Å². The SMILES string of the molecule is CCOC(=O)N1CC=C2C(C#N)C(=N)C(C#N)(C#N)[C@H](c3cccc(Cl)c3)[C@H]2C1. The van der Waals surface area contributed by atoms with E-state index in [9.17, 15) is 20.6 Å². The number of nitriles is 3. The largest absolute Gasteiger partial charge is 0.450 e. The number of hydrogen-bond donors (Lipinski definition) is 1. The number of amides is 1. The van der Waals surface area contributed by atoms with Crippen molar-refractivity contribution in [1.82, 2.24) is 4.90 Å². The number of ether oxygens (including phenoxy) is 1. The predicted molar refractivity (Wildman–Crippen MR) is 105 cm³/mol. The van der Waals surface area contributed by atoms with Gasteiger partial charge in [0.15, 0.2) is 5.41 Å². The number of fused-ring (bicyclic) bond motifs is 1. The van der Waals surface area contributed by atoms with E-state index in [0.717, 1.165) is 0 Å². The molecule has 1 unspecified atom stereocenters. The standard InChI is InChI=1S/C21H18ClN5O2/c1-2-29-20(28)27-7-6-15-16(9-23)19(26)21(11-24,12-25)18(17(15)10-27)13-4-3-5-14(22)8-13/h3-6,8,16-18,26H,2,7,10H2,1H3/t16?,17-,18+/m0/s1. The lowest BCUT2D eigenvalue weighted by Crippen LogP contribution is -2.53. The van der Waals surface area contributed by atoms with E-state index in [4.69, 9.17) is 21.7 Å². The summed E-state index contributed by atoms with van der Waals surface area (Å²) < 4.78 is 5.10. The van der Waals surface area contributed by atoms with Crippen molar-refractivity contribution >= 4 is 23.4 Å². The number of hydrogen-bond acceptors (Lipinski definition) is 6. The monoisotopic (exact) mass is 407 g/mol. The zero-order chi connectivity index (χ0) is 21.2. The molecule has 3 rings (SSSR count). The maximum Gasteiger partial charge on any atom is 0.410 e. The summed E-state index contributed by atoms with van der Waals surface area (Å²) in [7, 11) is 0. The normalized spacial score (nSPS) is 24.9. The molecular formula is C21H18ClN5O2. The van der Waals surface area contributed by atoms with Gasteiger partial charge in [-0.2, -0.15) is 15.8 Å². The summed E-state index contributed by atoms with van der Waals surface area (Å²) in [6.45, 7) is 2.35. The Kier molecular flexibility index (Phi) is 5.59. The van der Waals surface area contributed by atoms with Crippen molar-refractivity contribution in [2.45, 2.75) is 12.8 Å². The average Bonchev–Trinajstić information content (AvgIpc) is 2.73. The van der Waals surface area contributed by atoms with Crippen LogP contribution in [0.2, 0.25) is 5.02 Å². The Bertz CT molecular complexity index is 999. The van der Waals surface area contributed by atoms with Crippen molar-refractivity contribution in [3.8, 4) is 18.2 Å². The second kappa shape index (κ2) is 7.95. The third-order valence-electron chi connectivity index (χ3n) is 5.52. The third kappa shape index (κ3) is 3.23. The van der Waals surface area contributed by atoms with Crippen LogP contribution < -0.4 is 0 Å². The van der Waals surface area contributed by atoms with Gasteiger partial charge in [0.1, 0.15) is 5.92 Å². The summed E-state index contributed by atoms with van der Waals surface area (Å²) in [5.41, 5.74) is -0.806. The summed E-state index contributed by atoms with van der Waals surface area (Å²) in [4.78, 5) is 13.8. The van der Waals surface area contributed by atoms with E-state index in [1.807, 2.05) is 12.1 Å². The van der Waals surface area contributed by atoms with Crippen LogP contribution in [0.1, 0.15) is 18.4 Å². The Labute approximate surface area is 173 Å². The summed E-state index contributed by atoms with van der Waals surface area (Å²) in [5.74, 6) is -2.24. The van der Waals surface area contributed by atoms with Gasteiger partial charge in [-0.15, -0.1) is 0 Å². The highest BCUT2D eigenvalue weighted by Gasteiger charge is 2.58. The maximum absolute atomic E-state index is 12.3. The van der Waals surface area contributed by atoms with E-state index in [1.54, 1.807) is 37.3 Å².